The minimum absolute atomic E-state index is 0.118. The van der Waals surface area contributed by atoms with Crippen molar-refractivity contribution in [3.63, 3.8) is 0 Å². The number of aliphatic carboxylic acids is 1. The van der Waals surface area contributed by atoms with E-state index < -0.39 is 5.97 Å². The lowest BCUT2D eigenvalue weighted by Gasteiger charge is -2.43. The molecule has 1 N–H and O–H groups in total. The second kappa shape index (κ2) is 8.71. The van der Waals surface area contributed by atoms with E-state index in [4.69, 9.17) is 5.11 Å². The van der Waals surface area contributed by atoms with E-state index in [2.05, 4.69) is 71.5 Å². The molecule has 1 fully saturated rings. The van der Waals surface area contributed by atoms with E-state index in [1.54, 1.807) is 11.8 Å². The van der Waals surface area contributed by atoms with Gasteiger partial charge in [-0.3, -0.25) is 14.6 Å². The van der Waals surface area contributed by atoms with Gasteiger partial charge in [0.15, 0.2) is 0 Å². The molecule has 1 heterocycles. The van der Waals surface area contributed by atoms with Gasteiger partial charge in [0, 0.05) is 30.6 Å². The molecule has 2 aromatic carbocycles. The van der Waals surface area contributed by atoms with Crippen molar-refractivity contribution in [2.45, 2.75) is 23.9 Å². The minimum atomic E-state index is -0.752. The molecule has 0 bridgehead atoms. The summed E-state index contributed by atoms with van der Waals surface area (Å²) in [6.45, 7) is 4.73. The Morgan fingerprint density at radius 1 is 1.15 bits per heavy atom. The van der Waals surface area contributed by atoms with Crippen molar-refractivity contribution < 1.29 is 9.90 Å². The summed E-state index contributed by atoms with van der Waals surface area (Å²) >= 11 is 1.76. The number of hydrogen-bond donors (Lipinski definition) is 1. The third-order valence-electron chi connectivity index (χ3n) is 5.02. The van der Waals surface area contributed by atoms with E-state index in [-0.39, 0.29) is 18.6 Å². The van der Waals surface area contributed by atoms with E-state index in [9.17, 15) is 4.79 Å². The lowest BCUT2D eigenvalue weighted by molar-refractivity contribution is -0.139. The maximum Gasteiger partial charge on any atom is 0.317 e. The molecule has 138 valence electrons. The van der Waals surface area contributed by atoms with Gasteiger partial charge in [0.25, 0.3) is 0 Å². The second-order valence-electron chi connectivity index (χ2n) is 6.80. The molecule has 1 saturated heterocycles. The third-order valence-corrected chi connectivity index (χ3v) is 5.75. The van der Waals surface area contributed by atoms with E-state index in [0.29, 0.717) is 0 Å². The van der Waals surface area contributed by atoms with Crippen molar-refractivity contribution in [1.29, 1.82) is 0 Å². The molecule has 3 rings (SSSR count). The van der Waals surface area contributed by atoms with E-state index in [0.717, 1.165) is 19.6 Å². The van der Waals surface area contributed by atoms with Crippen molar-refractivity contribution in [2.75, 3.05) is 32.4 Å². The number of piperazine rings is 1. The summed E-state index contributed by atoms with van der Waals surface area (Å²) in [5, 5.41) is 9.11. The maximum absolute atomic E-state index is 11.1. The Bertz CT molecular complexity index is 738. The Hall–Kier alpha value is -1.82. The molecule has 2 atom stereocenters. The van der Waals surface area contributed by atoms with Gasteiger partial charge in [-0.1, -0.05) is 42.5 Å². The average molecular weight is 371 g/mol. The van der Waals surface area contributed by atoms with Crippen molar-refractivity contribution in [1.82, 2.24) is 9.80 Å². The number of benzene rings is 2. The summed E-state index contributed by atoms with van der Waals surface area (Å²) in [5.74, 6) is -0.752. The van der Waals surface area contributed by atoms with Gasteiger partial charge in [0.2, 0.25) is 0 Å². The quantitative estimate of drug-likeness (QED) is 0.787. The molecule has 26 heavy (non-hydrogen) atoms. The van der Waals surface area contributed by atoms with Crippen molar-refractivity contribution in [2.24, 2.45) is 0 Å². The molecule has 0 unspecified atom stereocenters. The minimum Gasteiger partial charge on any atom is -0.480 e. The van der Waals surface area contributed by atoms with E-state index in [1.807, 2.05) is 6.07 Å². The first-order chi connectivity index (χ1) is 12.6. The Morgan fingerprint density at radius 2 is 1.88 bits per heavy atom. The van der Waals surface area contributed by atoms with Gasteiger partial charge in [-0.25, -0.2) is 0 Å². The van der Waals surface area contributed by atoms with Crippen molar-refractivity contribution in [3.8, 4) is 0 Å². The summed E-state index contributed by atoms with van der Waals surface area (Å²) in [6, 6.07) is 19.7. The van der Waals surface area contributed by atoms with E-state index in [1.165, 1.54) is 16.0 Å². The predicted octanol–water partition coefficient (Wildman–Crippen LogP) is 3.59. The first-order valence-electron chi connectivity index (χ1n) is 8.97. The zero-order valence-corrected chi connectivity index (χ0v) is 16.2. The number of carboxylic acid groups (broad SMARTS) is 1. The Balaban J connectivity index is 1.88. The molecule has 0 radical (unpaired) electrons. The van der Waals surface area contributed by atoms with E-state index >= 15 is 0 Å². The van der Waals surface area contributed by atoms with Gasteiger partial charge in [-0.15, -0.1) is 11.8 Å². The standard InChI is InChI=1S/C21H26N2O2S/c1-16-14-23(12-11-22(16)15-20(24)25)21(17-7-4-3-5-8-17)18-9-6-10-19(13-18)26-2/h3-10,13,16,21H,11-12,14-15H2,1-2H3,(H,24,25)/t16-,21-/m1/s1. The SMILES string of the molecule is CSc1cccc([C@@H](c2ccccc2)N2CCN(CC(=O)O)[C@H](C)C2)c1. The van der Waals surface area contributed by atoms with Crippen LogP contribution in [0.25, 0.3) is 0 Å². The average Bonchev–Trinajstić information content (AvgIpc) is 2.65. The molecule has 0 saturated carbocycles. The van der Waals surface area contributed by atoms with Crippen molar-refractivity contribution >= 4 is 17.7 Å². The highest BCUT2D eigenvalue weighted by atomic mass is 32.2. The van der Waals surface area contributed by atoms with Gasteiger partial charge in [-0.2, -0.15) is 0 Å². The topological polar surface area (TPSA) is 43.8 Å². The summed E-state index contributed by atoms with van der Waals surface area (Å²) in [5.41, 5.74) is 2.58. The van der Waals surface area contributed by atoms with Crippen LogP contribution in [-0.2, 0) is 4.79 Å². The number of carbonyl (C=O) groups is 1. The molecule has 5 heteroatoms. The molecule has 0 spiro atoms. The van der Waals surface area contributed by atoms with Crippen LogP contribution in [0.1, 0.15) is 24.1 Å². The number of thioether (sulfide) groups is 1. The Morgan fingerprint density at radius 3 is 2.54 bits per heavy atom. The fourth-order valence-corrected chi connectivity index (χ4v) is 4.20. The summed E-state index contributed by atoms with van der Waals surface area (Å²) in [6.07, 6.45) is 2.10. The van der Waals surface area contributed by atoms with Crippen LogP contribution in [0.4, 0.5) is 0 Å². The fourth-order valence-electron chi connectivity index (χ4n) is 3.73. The largest absolute Gasteiger partial charge is 0.480 e. The summed E-state index contributed by atoms with van der Waals surface area (Å²) in [4.78, 5) is 16.9. The molecule has 0 aliphatic carbocycles. The molecule has 4 nitrogen and oxygen atoms in total. The molecule has 2 aromatic rings. The zero-order valence-electron chi connectivity index (χ0n) is 15.3. The van der Waals surface area contributed by atoms with Crippen LogP contribution < -0.4 is 0 Å². The molecular formula is C21H26N2O2S. The van der Waals surface area contributed by atoms with Gasteiger partial charge < -0.3 is 5.11 Å². The highest BCUT2D eigenvalue weighted by Crippen LogP contribution is 2.32. The second-order valence-corrected chi connectivity index (χ2v) is 7.68. The molecular weight excluding hydrogens is 344 g/mol. The summed E-state index contributed by atoms with van der Waals surface area (Å²) in [7, 11) is 0. The van der Waals surface area contributed by atoms with Gasteiger partial charge in [0.05, 0.1) is 12.6 Å². The first kappa shape index (κ1) is 19.0. The van der Waals surface area contributed by atoms with Crippen LogP contribution in [0.3, 0.4) is 0 Å². The predicted molar refractivity (Wildman–Crippen MR) is 107 cm³/mol. The first-order valence-corrected chi connectivity index (χ1v) is 10.2. The van der Waals surface area contributed by atoms with Gasteiger partial charge in [-0.05, 0) is 36.4 Å². The summed E-state index contributed by atoms with van der Waals surface area (Å²) < 4.78 is 0. The van der Waals surface area contributed by atoms with Crippen LogP contribution in [-0.4, -0.2) is 59.4 Å². The zero-order chi connectivity index (χ0) is 18.5. The van der Waals surface area contributed by atoms with Crippen LogP contribution in [0.2, 0.25) is 0 Å². The number of carboxylic acids is 1. The number of hydrogen-bond acceptors (Lipinski definition) is 4. The Kier molecular flexibility index (Phi) is 6.35. The molecule has 0 aromatic heterocycles. The lowest BCUT2D eigenvalue weighted by Crippen LogP contribution is -2.54. The molecule has 1 aliphatic rings. The van der Waals surface area contributed by atoms with Gasteiger partial charge >= 0.3 is 5.97 Å². The molecule has 1 aliphatic heterocycles. The molecule has 0 amide bonds. The van der Waals surface area contributed by atoms with Crippen LogP contribution >= 0.6 is 11.8 Å². The Labute approximate surface area is 159 Å². The highest BCUT2D eigenvalue weighted by molar-refractivity contribution is 7.98. The number of nitrogens with zero attached hydrogens (tertiary/aromatic N) is 2. The lowest BCUT2D eigenvalue weighted by atomic mass is 9.95. The highest BCUT2D eigenvalue weighted by Gasteiger charge is 2.31. The van der Waals surface area contributed by atoms with Crippen molar-refractivity contribution in [3.05, 3.63) is 65.7 Å². The normalized spacial score (nSPS) is 20.0. The monoisotopic (exact) mass is 370 g/mol. The van der Waals surface area contributed by atoms with Crippen LogP contribution in [0.5, 0.6) is 0 Å². The maximum atomic E-state index is 11.1. The van der Waals surface area contributed by atoms with Gasteiger partial charge in [0.1, 0.15) is 0 Å². The smallest absolute Gasteiger partial charge is 0.317 e. The van der Waals surface area contributed by atoms with Crippen LogP contribution in [0.15, 0.2) is 59.5 Å². The number of rotatable bonds is 6. The van der Waals surface area contributed by atoms with Crippen LogP contribution in [0, 0.1) is 0 Å². The fraction of sp³-hybridized carbons (Fsp3) is 0.381. The third kappa shape index (κ3) is 4.47.